The minimum Gasteiger partial charge on any atom is -0.480 e. The first-order chi connectivity index (χ1) is 9.26. The molecule has 4 heteroatoms. The van der Waals surface area contributed by atoms with E-state index in [2.05, 4.69) is 38.2 Å². The van der Waals surface area contributed by atoms with E-state index in [1.165, 1.54) is 0 Å². The number of carboxylic acids is 1. The average Bonchev–Trinajstić information content (AvgIpc) is 2.94. The minimum absolute atomic E-state index is 0.0264. The van der Waals surface area contributed by atoms with Gasteiger partial charge in [0.05, 0.1) is 0 Å². The number of amides is 1. The smallest absolute Gasteiger partial charge is 0.326 e. The zero-order valence-electron chi connectivity index (χ0n) is 12.6. The van der Waals surface area contributed by atoms with Gasteiger partial charge in [0.15, 0.2) is 0 Å². The molecule has 1 saturated carbocycles. The van der Waals surface area contributed by atoms with E-state index in [0.29, 0.717) is 18.3 Å². The number of hydrogen-bond donors (Lipinski definition) is 2. The molecule has 0 aliphatic heterocycles. The van der Waals surface area contributed by atoms with E-state index < -0.39 is 12.0 Å². The summed E-state index contributed by atoms with van der Waals surface area (Å²) < 4.78 is 0. The number of allylic oxidation sites excluding steroid dienone is 2. The maximum Gasteiger partial charge on any atom is 0.326 e. The van der Waals surface area contributed by atoms with Crippen molar-refractivity contribution in [1.29, 1.82) is 0 Å². The zero-order chi connectivity index (χ0) is 14.9. The minimum atomic E-state index is -0.929. The van der Waals surface area contributed by atoms with E-state index in [4.69, 9.17) is 0 Å². The Kier molecular flexibility index (Phi) is 4.21. The fourth-order valence-electron chi connectivity index (χ4n) is 3.20. The highest BCUT2D eigenvalue weighted by molar-refractivity contribution is 5.85. The topological polar surface area (TPSA) is 66.4 Å². The van der Waals surface area contributed by atoms with Gasteiger partial charge in [-0.1, -0.05) is 32.9 Å². The normalized spacial score (nSPS) is 29.4. The third-order valence-corrected chi connectivity index (χ3v) is 4.41. The molecule has 2 aliphatic rings. The number of hydrogen-bond acceptors (Lipinski definition) is 2. The molecule has 2 N–H and O–H groups in total. The summed E-state index contributed by atoms with van der Waals surface area (Å²) in [6, 6.07) is -0.759. The van der Waals surface area contributed by atoms with Gasteiger partial charge < -0.3 is 10.4 Å². The van der Waals surface area contributed by atoms with Crippen molar-refractivity contribution in [3.8, 4) is 0 Å². The van der Waals surface area contributed by atoms with Gasteiger partial charge in [-0.25, -0.2) is 4.79 Å². The van der Waals surface area contributed by atoms with Crippen LogP contribution in [0.3, 0.4) is 0 Å². The number of rotatable bonds is 5. The first-order valence-electron chi connectivity index (χ1n) is 7.48. The molecule has 0 aromatic heterocycles. The molecule has 2 rings (SSSR count). The molecule has 0 spiro atoms. The molecule has 0 saturated heterocycles. The predicted molar refractivity (Wildman–Crippen MR) is 77.1 cm³/mol. The highest BCUT2D eigenvalue weighted by Crippen LogP contribution is 2.43. The van der Waals surface area contributed by atoms with Gasteiger partial charge in [-0.15, -0.1) is 0 Å². The molecule has 2 aliphatic carbocycles. The number of fused-ring (bicyclic) bond motifs is 2. The molecule has 4 nitrogen and oxygen atoms in total. The quantitative estimate of drug-likeness (QED) is 0.760. The molecule has 4 unspecified atom stereocenters. The monoisotopic (exact) mass is 279 g/mol. The second-order valence-corrected chi connectivity index (χ2v) is 7.39. The van der Waals surface area contributed by atoms with Crippen molar-refractivity contribution in [3.05, 3.63) is 12.2 Å². The highest BCUT2D eigenvalue weighted by Gasteiger charge is 2.40. The molecular formula is C16H25NO3. The van der Waals surface area contributed by atoms with Crippen LogP contribution >= 0.6 is 0 Å². The molecule has 1 amide bonds. The number of carbonyl (C=O) groups is 2. The summed E-state index contributed by atoms with van der Waals surface area (Å²) in [5.41, 5.74) is 0.0770. The Hall–Kier alpha value is -1.32. The van der Waals surface area contributed by atoms with Crippen molar-refractivity contribution < 1.29 is 14.7 Å². The van der Waals surface area contributed by atoms with Crippen LogP contribution in [0.5, 0.6) is 0 Å². The highest BCUT2D eigenvalue weighted by atomic mass is 16.4. The van der Waals surface area contributed by atoms with Gasteiger partial charge in [0, 0.05) is 5.92 Å². The molecule has 0 aromatic rings. The van der Waals surface area contributed by atoms with E-state index in [1.807, 2.05) is 0 Å². The van der Waals surface area contributed by atoms with E-state index >= 15 is 0 Å². The lowest BCUT2D eigenvalue weighted by Crippen LogP contribution is -2.44. The van der Waals surface area contributed by atoms with Gasteiger partial charge in [0.1, 0.15) is 6.04 Å². The van der Waals surface area contributed by atoms with Crippen LogP contribution in [-0.2, 0) is 9.59 Å². The van der Waals surface area contributed by atoms with Crippen LogP contribution in [0.15, 0.2) is 12.2 Å². The van der Waals surface area contributed by atoms with Crippen LogP contribution in [-0.4, -0.2) is 23.0 Å². The molecule has 2 bridgehead atoms. The largest absolute Gasteiger partial charge is 0.480 e. The number of aliphatic carboxylic acids is 1. The molecule has 0 heterocycles. The predicted octanol–water partition coefficient (Wildman–Crippen LogP) is 2.59. The summed E-state index contributed by atoms with van der Waals surface area (Å²) >= 11 is 0. The Morgan fingerprint density at radius 3 is 2.45 bits per heavy atom. The third-order valence-electron chi connectivity index (χ3n) is 4.41. The molecule has 0 radical (unpaired) electrons. The Balaban J connectivity index is 1.89. The van der Waals surface area contributed by atoms with E-state index in [1.54, 1.807) is 0 Å². The fraction of sp³-hybridized carbons (Fsp3) is 0.750. The lowest BCUT2D eigenvalue weighted by molar-refractivity contribution is -0.143. The Morgan fingerprint density at radius 2 is 2.00 bits per heavy atom. The molecule has 20 heavy (non-hydrogen) atoms. The fourth-order valence-corrected chi connectivity index (χ4v) is 3.20. The van der Waals surface area contributed by atoms with E-state index in [0.717, 1.165) is 19.3 Å². The number of carbonyl (C=O) groups excluding carboxylic acids is 1. The Labute approximate surface area is 120 Å². The summed E-state index contributed by atoms with van der Waals surface area (Å²) in [6.07, 6.45) is 7.49. The van der Waals surface area contributed by atoms with Crippen molar-refractivity contribution in [1.82, 2.24) is 5.32 Å². The maximum absolute atomic E-state index is 12.3. The van der Waals surface area contributed by atoms with Gasteiger partial charge in [0.2, 0.25) is 5.91 Å². The van der Waals surface area contributed by atoms with Crippen molar-refractivity contribution in [2.75, 3.05) is 0 Å². The Bertz CT molecular complexity index is 422. The molecular weight excluding hydrogens is 254 g/mol. The zero-order valence-corrected chi connectivity index (χ0v) is 12.6. The van der Waals surface area contributed by atoms with Crippen LogP contribution in [0.25, 0.3) is 0 Å². The maximum atomic E-state index is 12.3. The van der Waals surface area contributed by atoms with Crippen LogP contribution in [0.2, 0.25) is 0 Å². The van der Waals surface area contributed by atoms with Crippen LogP contribution < -0.4 is 5.32 Å². The van der Waals surface area contributed by atoms with Crippen molar-refractivity contribution in [2.24, 2.45) is 23.2 Å². The van der Waals surface area contributed by atoms with Gasteiger partial charge in [-0.3, -0.25) is 4.79 Å². The first-order valence-corrected chi connectivity index (χ1v) is 7.48. The van der Waals surface area contributed by atoms with Crippen molar-refractivity contribution in [3.63, 3.8) is 0 Å². The van der Waals surface area contributed by atoms with E-state index in [9.17, 15) is 14.7 Å². The van der Waals surface area contributed by atoms with Gasteiger partial charge >= 0.3 is 5.97 Å². The summed E-state index contributed by atoms with van der Waals surface area (Å²) in [4.78, 5) is 23.6. The van der Waals surface area contributed by atoms with Crippen LogP contribution in [0, 0.1) is 23.2 Å². The average molecular weight is 279 g/mol. The standard InChI is InChI=1S/C16H25NO3/c1-16(2,3)7-6-13(15(19)20)17-14(18)12-9-10-4-5-11(12)8-10/h4-5,10-13H,6-9H2,1-3H3,(H,17,18)(H,19,20). The van der Waals surface area contributed by atoms with Gasteiger partial charge in [-0.2, -0.15) is 0 Å². The SMILES string of the molecule is CC(C)(C)CCC(NC(=O)C1CC2C=CC1C2)C(=O)O. The molecule has 1 fully saturated rings. The lowest BCUT2D eigenvalue weighted by Gasteiger charge is -2.24. The first kappa shape index (κ1) is 15.1. The van der Waals surface area contributed by atoms with Crippen LogP contribution in [0.1, 0.15) is 46.5 Å². The number of carboxylic acid groups (broad SMARTS) is 1. The number of nitrogens with one attached hydrogen (secondary N) is 1. The second-order valence-electron chi connectivity index (χ2n) is 7.39. The molecule has 112 valence electrons. The molecule has 4 atom stereocenters. The second kappa shape index (κ2) is 5.58. The lowest BCUT2D eigenvalue weighted by atomic mass is 9.88. The Morgan fingerprint density at radius 1 is 1.30 bits per heavy atom. The van der Waals surface area contributed by atoms with Crippen LogP contribution in [0.4, 0.5) is 0 Å². The van der Waals surface area contributed by atoms with Gasteiger partial charge in [-0.05, 0) is 42.9 Å². The summed E-state index contributed by atoms with van der Waals surface area (Å²) in [5.74, 6) is -0.198. The molecule has 0 aromatic carbocycles. The van der Waals surface area contributed by atoms with Crippen molar-refractivity contribution in [2.45, 2.75) is 52.5 Å². The van der Waals surface area contributed by atoms with Crippen molar-refractivity contribution >= 4 is 11.9 Å². The summed E-state index contributed by atoms with van der Waals surface area (Å²) in [6.45, 7) is 6.23. The summed E-state index contributed by atoms with van der Waals surface area (Å²) in [5, 5.41) is 12.0. The van der Waals surface area contributed by atoms with Gasteiger partial charge in [0.25, 0.3) is 0 Å². The van der Waals surface area contributed by atoms with E-state index in [-0.39, 0.29) is 17.2 Å². The summed E-state index contributed by atoms with van der Waals surface area (Å²) in [7, 11) is 0. The third kappa shape index (κ3) is 3.62.